The Morgan fingerprint density at radius 1 is 1.06 bits per heavy atom. The van der Waals surface area contributed by atoms with Crippen LogP contribution in [0.3, 0.4) is 0 Å². The van der Waals surface area contributed by atoms with Crippen LogP contribution in [0, 0.1) is 19.7 Å². The second-order valence-corrected chi connectivity index (χ2v) is 4.23. The fourth-order valence-electron chi connectivity index (χ4n) is 1.79. The maximum atomic E-state index is 13.6. The van der Waals surface area contributed by atoms with Gasteiger partial charge in [-0.3, -0.25) is 4.79 Å². The van der Waals surface area contributed by atoms with Crippen LogP contribution in [0.25, 0.3) is 0 Å². The number of aldehydes is 1. The molecule has 92 valence electrons. The van der Waals surface area contributed by atoms with Crippen molar-refractivity contribution in [1.82, 2.24) is 0 Å². The number of aryl methyl sites for hydroxylation is 2. The number of benzene rings is 2. The average molecular weight is 244 g/mol. The van der Waals surface area contributed by atoms with Gasteiger partial charge >= 0.3 is 0 Å². The zero-order valence-electron chi connectivity index (χ0n) is 10.2. The van der Waals surface area contributed by atoms with Gasteiger partial charge in [0.05, 0.1) is 0 Å². The van der Waals surface area contributed by atoms with Crippen LogP contribution in [0.4, 0.5) is 4.39 Å². The van der Waals surface area contributed by atoms with Crippen molar-refractivity contribution in [2.75, 3.05) is 0 Å². The molecule has 2 aromatic rings. The number of carbonyl (C=O) groups excluding carboxylic acids is 1. The van der Waals surface area contributed by atoms with E-state index in [1.54, 1.807) is 0 Å². The summed E-state index contributed by atoms with van der Waals surface area (Å²) in [7, 11) is 0. The fourth-order valence-corrected chi connectivity index (χ4v) is 1.79. The number of hydrogen-bond acceptors (Lipinski definition) is 2. The minimum absolute atomic E-state index is 0.116. The first-order chi connectivity index (χ1) is 8.58. The summed E-state index contributed by atoms with van der Waals surface area (Å²) in [6, 6.07) is 9.81. The van der Waals surface area contributed by atoms with E-state index >= 15 is 0 Å². The summed E-state index contributed by atoms with van der Waals surface area (Å²) in [6.45, 7) is 3.90. The van der Waals surface area contributed by atoms with Crippen molar-refractivity contribution in [2.45, 2.75) is 13.8 Å². The highest BCUT2D eigenvalue weighted by Crippen LogP contribution is 2.26. The van der Waals surface area contributed by atoms with Crippen molar-refractivity contribution >= 4 is 6.29 Å². The highest BCUT2D eigenvalue weighted by molar-refractivity contribution is 5.75. The van der Waals surface area contributed by atoms with Crippen molar-refractivity contribution in [1.29, 1.82) is 0 Å². The van der Waals surface area contributed by atoms with E-state index in [1.165, 1.54) is 12.1 Å². The van der Waals surface area contributed by atoms with Gasteiger partial charge in [0.1, 0.15) is 12.0 Å². The molecule has 3 heteroatoms. The van der Waals surface area contributed by atoms with Crippen LogP contribution < -0.4 is 4.74 Å². The van der Waals surface area contributed by atoms with E-state index in [0.717, 1.165) is 17.2 Å². The van der Waals surface area contributed by atoms with Crippen LogP contribution in [0.1, 0.15) is 21.5 Å². The number of rotatable bonds is 3. The Balaban J connectivity index is 2.31. The minimum atomic E-state index is -0.543. The second kappa shape index (κ2) is 5.00. The van der Waals surface area contributed by atoms with Gasteiger partial charge in [-0.1, -0.05) is 6.07 Å². The van der Waals surface area contributed by atoms with Crippen LogP contribution in [-0.4, -0.2) is 6.29 Å². The molecule has 0 spiro atoms. The smallest absolute Gasteiger partial charge is 0.166 e. The molecule has 2 nitrogen and oxygen atoms in total. The van der Waals surface area contributed by atoms with Gasteiger partial charge in [0.25, 0.3) is 0 Å². The Bertz CT molecular complexity index is 571. The molecule has 0 unspecified atom stereocenters. The summed E-state index contributed by atoms with van der Waals surface area (Å²) in [5.74, 6) is 0.162. The van der Waals surface area contributed by atoms with E-state index in [-0.39, 0.29) is 5.75 Å². The maximum absolute atomic E-state index is 13.6. The van der Waals surface area contributed by atoms with E-state index in [1.807, 2.05) is 32.0 Å². The lowest BCUT2D eigenvalue weighted by Crippen LogP contribution is -1.91. The molecule has 0 aliphatic carbocycles. The molecule has 2 aromatic carbocycles. The molecule has 0 aromatic heterocycles. The number of hydrogen-bond donors (Lipinski definition) is 0. The minimum Gasteiger partial charge on any atom is -0.454 e. The molecule has 18 heavy (non-hydrogen) atoms. The van der Waals surface area contributed by atoms with Crippen LogP contribution in [0.2, 0.25) is 0 Å². The van der Waals surface area contributed by atoms with Crippen LogP contribution in [-0.2, 0) is 0 Å². The molecule has 0 aliphatic rings. The molecular weight excluding hydrogens is 231 g/mol. The zero-order chi connectivity index (χ0) is 13.1. The highest BCUT2D eigenvalue weighted by atomic mass is 19.1. The lowest BCUT2D eigenvalue weighted by Gasteiger charge is -2.08. The van der Waals surface area contributed by atoms with Gasteiger partial charge in [0.2, 0.25) is 0 Å². The summed E-state index contributed by atoms with van der Waals surface area (Å²) >= 11 is 0. The summed E-state index contributed by atoms with van der Waals surface area (Å²) in [5, 5.41) is 0. The third-order valence-corrected chi connectivity index (χ3v) is 2.52. The third kappa shape index (κ3) is 2.74. The SMILES string of the molecule is Cc1cc(C)cc(Oc2ccc(C=O)cc2F)c1. The van der Waals surface area contributed by atoms with E-state index in [0.29, 0.717) is 17.6 Å². The van der Waals surface area contributed by atoms with Crippen molar-refractivity contribution in [3.8, 4) is 11.5 Å². The lowest BCUT2D eigenvalue weighted by molar-refractivity contribution is 0.112. The Hall–Kier alpha value is -2.16. The molecule has 0 saturated heterocycles. The van der Waals surface area contributed by atoms with Gasteiger partial charge in [0.15, 0.2) is 11.6 Å². The van der Waals surface area contributed by atoms with Gasteiger partial charge in [-0.05, 0) is 55.3 Å². The molecule has 0 heterocycles. The van der Waals surface area contributed by atoms with Crippen molar-refractivity contribution in [3.05, 3.63) is 58.9 Å². The topological polar surface area (TPSA) is 26.3 Å². The Morgan fingerprint density at radius 3 is 2.28 bits per heavy atom. The molecule has 0 fully saturated rings. The quantitative estimate of drug-likeness (QED) is 0.761. The molecule has 0 saturated carbocycles. The maximum Gasteiger partial charge on any atom is 0.166 e. The summed E-state index contributed by atoms with van der Waals surface area (Å²) in [4.78, 5) is 10.5. The predicted molar refractivity (Wildman–Crippen MR) is 67.8 cm³/mol. The highest BCUT2D eigenvalue weighted by Gasteiger charge is 2.06. The first-order valence-electron chi connectivity index (χ1n) is 5.59. The van der Waals surface area contributed by atoms with Gasteiger partial charge in [-0.15, -0.1) is 0 Å². The van der Waals surface area contributed by atoms with Gasteiger partial charge in [0, 0.05) is 5.56 Å². The Morgan fingerprint density at radius 2 is 1.72 bits per heavy atom. The Labute approximate surface area is 105 Å². The first-order valence-corrected chi connectivity index (χ1v) is 5.59. The molecule has 0 radical (unpaired) electrons. The van der Waals surface area contributed by atoms with Gasteiger partial charge in [-0.2, -0.15) is 0 Å². The van der Waals surface area contributed by atoms with Gasteiger partial charge < -0.3 is 4.74 Å². The Kier molecular flexibility index (Phi) is 3.42. The average Bonchev–Trinajstić information content (AvgIpc) is 2.30. The van der Waals surface area contributed by atoms with Crippen molar-refractivity contribution in [3.63, 3.8) is 0 Å². The predicted octanol–water partition coefficient (Wildman–Crippen LogP) is 4.05. The normalized spacial score (nSPS) is 10.2. The second-order valence-electron chi connectivity index (χ2n) is 4.23. The zero-order valence-corrected chi connectivity index (χ0v) is 10.2. The van der Waals surface area contributed by atoms with Crippen LogP contribution in [0.15, 0.2) is 36.4 Å². The number of halogens is 1. The molecule has 0 atom stereocenters. The van der Waals surface area contributed by atoms with Gasteiger partial charge in [-0.25, -0.2) is 4.39 Å². The molecule has 0 aliphatic heterocycles. The van der Waals surface area contributed by atoms with Crippen LogP contribution in [0.5, 0.6) is 11.5 Å². The monoisotopic (exact) mass is 244 g/mol. The first kappa shape index (κ1) is 12.3. The molecule has 0 bridgehead atoms. The third-order valence-electron chi connectivity index (χ3n) is 2.52. The summed E-state index contributed by atoms with van der Waals surface area (Å²) in [5.41, 5.74) is 2.39. The lowest BCUT2D eigenvalue weighted by atomic mass is 10.1. The molecule has 0 N–H and O–H groups in total. The van der Waals surface area contributed by atoms with E-state index in [2.05, 4.69) is 0 Å². The van der Waals surface area contributed by atoms with E-state index in [4.69, 9.17) is 4.74 Å². The summed E-state index contributed by atoms with van der Waals surface area (Å²) < 4.78 is 19.1. The largest absolute Gasteiger partial charge is 0.454 e. The molecule has 2 rings (SSSR count). The van der Waals surface area contributed by atoms with Crippen molar-refractivity contribution in [2.24, 2.45) is 0 Å². The van der Waals surface area contributed by atoms with E-state index < -0.39 is 5.82 Å². The number of ether oxygens (including phenoxy) is 1. The fraction of sp³-hybridized carbons (Fsp3) is 0.133. The van der Waals surface area contributed by atoms with Crippen molar-refractivity contribution < 1.29 is 13.9 Å². The number of carbonyl (C=O) groups is 1. The molecule has 0 amide bonds. The van der Waals surface area contributed by atoms with E-state index in [9.17, 15) is 9.18 Å². The van der Waals surface area contributed by atoms with Crippen LogP contribution >= 0.6 is 0 Å². The standard InChI is InChI=1S/C15H13FO2/c1-10-5-11(2)7-13(6-10)18-15-4-3-12(9-17)8-14(15)16/h3-9H,1-2H3. The summed E-state index contributed by atoms with van der Waals surface area (Å²) in [6.07, 6.45) is 0.601. The molecular formula is C15H13FO2.